The number of aliphatic hydroxyl groups is 2. The van der Waals surface area contributed by atoms with Gasteiger partial charge >= 0.3 is 0 Å². The molecule has 0 aliphatic heterocycles. The smallest absolute Gasteiger partial charge is 0.0852 e. The van der Waals surface area contributed by atoms with Gasteiger partial charge in [-0.2, -0.15) is 6.07 Å². The molecule has 0 saturated carbocycles. The third-order valence-corrected chi connectivity index (χ3v) is 2.61. The molecule has 152 valence electrons. The summed E-state index contributed by atoms with van der Waals surface area (Å²) in [5.41, 5.74) is 0. The zero-order chi connectivity index (χ0) is 19.7. The molecule has 0 radical (unpaired) electrons. The zero-order valence-corrected chi connectivity index (χ0v) is 18.4. The maximum Gasteiger partial charge on any atom is 0.0852 e. The van der Waals surface area contributed by atoms with Crippen molar-refractivity contribution in [2.24, 2.45) is 0 Å². The van der Waals surface area contributed by atoms with E-state index in [9.17, 15) is 8.78 Å². The van der Waals surface area contributed by atoms with Crippen molar-refractivity contribution in [1.82, 2.24) is 0 Å². The summed E-state index contributed by atoms with van der Waals surface area (Å²) in [6, 6.07) is 4.87. The molecule has 0 spiro atoms. The molecule has 1 aromatic carbocycles. The number of ether oxygens (including phenoxy) is 1. The van der Waals surface area contributed by atoms with E-state index in [0.717, 1.165) is 12.8 Å². The Kier molecular flexibility index (Phi) is 24.2. The van der Waals surface area contributed by atoms with Crippen LogP contribution in [0.3, 0.4) is 0 Å². The van der Waals surface area contributed by atoms with E-state index in [1.54, 1.807) is 27.7 Å². The molecule has 0 aliphatic rings. The Morgan fingerprint density at radius 1 is 0.962 bits per heavy atom. The summed E-state index contributed by atoms with van der Waals surface area (Å²) >= 11 is 0. The number of unbranched alkanes of at least 4 members (excludes halogenated alkanes) is 5. The van der Waals surface area contributed by atoms with Crippen LogP contribution in [-0.4, -0.2) is 29.0 Å². The van der Waals surface area contributed by atoms with Gasteiger partial charge in [0.05, 0.1) is 12.4 Å². The van der Waals surface area contributed by atoms with Crippen LogP contribution in [0.2, 0.25) is 0 Å². The Balaban J connectivity index is -0.000000497. The van der Waals surface area contributed by atoms with Crippen molar-refractivity contribution in [3.8, 4) is 5.75 Å². The van der Waals surface area contributed by atoms with Crippen LogP contribution in [0.25, 0.3) is 0 Å². The minimum absolute atomic E-state index is 0. The van der Waals surface area contributed by atoms with Crippen molar-refractivity contribution in [3.63, 3.8) is 0 Å². The van der Waals surface area contributed by atoms with E-state index in [1.165, 1.54) is 37.8 Å². The van der Waals surface area contributed by atoms with E-state index in [2.05, 4.69) is 13.0 Å². The monoisotopic (exact) mass is 409 g/mol. The summed E-state index contributed by atoms with van der Waals surface area (Å²) in [5, 5.41) is 16.1. The molecule has 0 aliphatic carbocycles. The van der Waals surface area contributed by atoms with Gasteiger partial charge in [0.1, 0.15) is 0 Å². The van der Waals surface area contributed by atoms with Gasteiger partial charge in [0, 0.05) is 45.5 Å². The molecular formula is C20H35F2O3Ti-. The Hall–Kier alpha value is -0.486. The van der Waals surface area contributed by atoms with Crippen molar-refractivity contribution < 1.29 is 45.4 Å². The number of benzene rings is 1. The normalized spacial score (nSPS) is 9.65. The van der Waals surface area contributed by atoms with Crippen LogP contribution in [0.4, 0.5) is 8.78 Å². The summed E-state index contributed by atoms with van der Waals surface area (Å²) in [4.78, 5) is 0. The second-order valence-corrected chi connectivity index (χ2v) is 6.27. The number of rotatable bonds is 8. The van der Waals surface area contributed by atoms with E-state index in [1.807, 2.05) is 0 Å². The van der Waals surface area contributed by atoms with E-state index in [0.29, 0.717) is 6.61 Å². The molecule has 2 N–H and O–H groups in total. The Morgan fingerprint density at radius 2 is 1.42 bits per heavy atom. The fraction of sp³-hybridized carbons (Fsp3) is 0.700. The van der Waals surface area contributed by atoms with Gasteiger partial charge in [0.2, 0.25) is 0 Å². The van der Waals surface area contributed by atoms with Gasteiger partial charge in [0.15, 0.2) is 0 Å². The SMILES string of the molecule is CC(C)O.CC(C)O.CCCCCCCCOc1cc[c-]c(F)c1F.[Ti]. The third kappa shape index (κ3) is 23.5. The van der Waals surface area contributed by atoms with Gasteiger partial charge in [-0.05, 0) is 34.1 Å². The fourth-order valence-electron chi connectivity index (χ4n) is 1.61. The van der Waals surface area contributed by atoms with Crippen molar-refractivity contribution in [1.29, 1.82) is 0 Å². The van der Waals surface area contributed by atoms with Gasteiger partial charge in [0.25, 0.3) is 0 Å². The third-order valence-electron chi connectivity index (χ3n) is 2.61. The quantitative estimate of drug-likeness (QED) is 0.349. The first kappa shape index (κ1) is 30.2. The molecule has 0 atom stereocenters. The van der Waals surface area contributed by atoms with Crippen LogP contribution in [0.5, 0.6) is 5.75 Å². The van der Waals surface area contributed by atoms with Crippen LogP contribution in [0, 0.1) is 17.7 Å². The Bertz CT molecular complexity index is 405. The molecule has 0 aromatic heterocycles. The number of aliphatic hydroxyl groups excluding tert-OH is 2. The molecule has 1 rings (SSSR count). The first-order chi connectivity index (χ1) is 11.7. The number of hydrogen-bond acceptors (Lipinski definition) is 3. The van der Waals surface area contributed by atoms with Crippen LogP contribution in [-0.2, 0) is 21.7 Å². The average Bonchev–Trinajstić information content (AvgIpc) is 2.49. The Morgan fingerprint density at radius 3 is 1.92 bits per heavy atom. The van der Waals surface area contributed by atoms with Crippen molar-refractivity contribution >= 4 is 0 Å². The maximum atomic E-state index is 13.1. The first-order valence-corrected chi connectivity index (χ1v) is 9.06. The van der Waals surface area contributed by atoms with Crippen molar-refractivity contribution in [2.75, 3.05) is 6.61 Å². The predicted octanol–water partition coefficient (Wildman–Crippen LogP) is 5.28. The van der Waals surface area contributed by atoms with E-state index in [-0.39, 0.29) is 39.7 Å². The van der Waals surface area contributed by atoms with Gasteiger partial charge in [-0.25, -0.2) is 4.39 Å². The van der Waals surface area contributed by atoms with Gasteiger partial charge in [-0.15, -0.1) is 12.1 Å². The van der Waals surface area contributed by atoms with Crippen LogP contribution in [0.1, 0.15) is 73.1 Å². The molecule has 0 bridgehead atoms. The summed E-state index contributed by atoms with van der Waals surface area (Å²) in [7, 11) is 0. The fourth-order valence-corrected chi connectivity index (χ4v) is 1.61. The molecule has 6 heteroatoms. The number of halogens is 2. The van der Waals surface area contributed by atoms with E-state index in [4.69, 9.17) is 14.9 Å². The van der Waals surface area contributed by atoms with Gasteiger partial charge in [-0.1, -0.05) is 39.0 Å². The van der Waals surface area contributed by atoms with Crippen LogP contribution in [0.15, 0.2) is 12.1 Å². The summed E-state index contributed by atoms with van der Waals surface area (Å²) < 4.78 is 31.1. The summed E-state index contributed by atoms with van der Waals surface area (Å²) in [5.74, 6) is -1.95. The van der Waals surface area contributed by atoms with Gasteiger partial charge < -0.3 is 14.9 Å². The van der Waals surface area contributed by atoms with Gasteiger partial charge in [-0.3, -0.25) is 4.39 Å². The predicted molar refractivity (Wildman–Crippen MR) is 98.8 cm³/mol. The molecule has 0 heterocycles. The molecule has 3 nitrogen and oxygen atoms in total. The minimum atomic E-state index is -0.981. The molecule has 1 aromatic rings. The largest absolute Gasteiger partial charge is 0.516 e. The number of hydrogen-bond donors (Lipinski definition) is 2. The van der Waals surface area contributed by atoms with Crippen LogP contribution >= 0.6 is 0 Å². The zero-order valence-electron chi connectivity index (χ0n) is 16.8. The van der Waals surface area contributed by atoms with Crippen molar-refractivity contribution in [2.45, 2.75) is 85.4 Å². The standard InChI is InChI=1S/C14H19F2O.2C3H8O.Ti/c1-2-3-4-5-6-7-11-17-13-10-8-9-12(15)14(13)16;2*1-3(2)4;/h8,10H,2-7,11H2,1H3;2*3-4H,1-2H3;/q-1;;;. The molecule has 0 unspecified atom stereocenters. The molecule has 26 heavy (non-hydrogen) atoms. The van der Waals surface area contributed by atoms with Crippen molar-refractivity contribution in [3.05, 3.63) is 29.8 Å². The topological polar surface area (TPSA) is 49.7 Å². The first-order valence-electron chi connectivity index (χ1n) is 9.06. The molecule has 0 amide bonds. The maximum absolute atomic E-state index is 13.1. The molecule has 0 fully saturated rings. The molecule has 0 saturated heterocycles. The molecular weight excluding hydrogens is 374 g/mol. The van der Waals surface area contributed by atoms with E-state index >= 15 is 0 Å². The summed E-state index contributed by atoms with van der Waals surface area (Å²) in [6.45, 7) is 9.50. The second kappa shape index (κ2) is 20.8. The average molecular weight is 409 g/mol. The minimum Gasteiger partial charge on any atom is -0.516 e. The van der Waals surface area contributed by atoms with Crippen LogP contribution < -0.4 is 4.74 Å². The Labute approximate surface area is 173 Å². The van der Waals surface area contributed by atoms with E-state index < -0.39 is 11.6 Å². The second-order valence-electron chi connectivity index (χ2n) is 6.27. The summed E-state index contributed by atoms with van der Waals surface area (Å²) in [6.07, 6.45) is 6.51.